The molecule has 142 valence electrons. The van der Waals surface area contributed by atoms with Gasteiger partial charge in [-0.15, -0.1) is 35.7 Å². The molecule has 0 aliphatic rings. The fourth-order valence-corrected chi connectivity index (χ4v) is 2.98. The lowest BCUT2D eigenvalue weighted by Gasteiger charge is -2.14. The molecule has 0 saturated heterocycles. The van der Waals surface area contributed by atoms with E-state index in [9.17, 15) is 0 Å². The lowest BCUT2D eigenvalue weighted by atomic mass is 10.2. The van der Waals surface area contributed by atoms with Crippen molar-refractivity contribution in [3.8, 4) is 11.5 Å². The van der Waals surface area contributed by atoms with E-state index in [0.29, 0.717) is 12.4 Å². The van der Waals surface area contributed by atoms with Crippen LogP contribution in [0.4, 0.5) is 5.69 Å². The van der Waals surface area contributed by atoms with Gasteiger partial charge in [-0.05, 0) is 31.2 Å². The van der Waals surface area contributed by atoms with Crippen LogP contribution in [-0.4, -0.2) is 39.0 Å². The first-order valence-corrected chi connectivity index (χ1v) is 9.21. The van der Waals surface area contributed by atoms with E-state index in [2.05, 4.69) is 39.9 Å². The molecule has 0 aliphatic heterocycles. The summed E-state index contributed by atoms with van der Waals surface area (Å²) < 4.78 is 10.9. The molecule has 0 amide bonds. The fraction of sp³-hybridized carbons (Fsp3) is 0.316. The summed E-state index contributed by atoms with van der Waals surface area (Å²) in [5, 5.41) is 6.59. The van der Waals surface area contributed by atoms with E-state index in [0.717, 1.165) is 29.7 Å². The molecule has 0 atom stereocenters. The van der Waals surface area contributed by atoms with Crippen LogP contribution in [0.1, 0.15) is 6.92 Å². The Morgan fingerprint density at radius 1 is 1.12 bits per heavy atom. The number of nitrogens with one attached hydrogen (secondary N) is 2. The minimum Gasteiger partial charge on any atom is -0.493 e. The van der Waals surface area contributed by atoms with Crippen LogP contribution in [-0.2, 0) is 0 Å². The lowest BCUT2D eigenvalue weighted by molar-refractivity contribution is 0.311. The lowest BCUT2D eigenvalue weighted by Crippen LogP contribution is -2.32. The van der Waals surface area contributed by atoms with Crippen LogP contribution in [0, 0.1) is 0 Å². The highest BCUT2D eigenvalue weighted by Crippen LogP contribution is 2.30. The van der Waals surface area contributed by atoms with Crippen molar-refractivity contribution in [2.45, 2.75) is 11.8 Å². The molecule has 0 bridgehead atoms. The molecular formula is C19H26IN3O2S. The number of rotatable bonds is 8. The van der Waals surface area contributed by atoms with Crippen LogP contribution in [0.3, 0.4) is 0 Å². The van der Waals surface area contributed by atoms with Crippen molar-refractivity contribution in [1.29, 1.82) is 0 Å². The number of anilines is 1. The first kappa shape index (κ1) is 22.4. The molecule has 0 unspecified atom stereocenters. The molecule has 26 heavy (non-hydrogen) atoms. The molecule has 5 nitrogen and oxygen atoms in total. The van der Waals surface area contributed by atoms with Crippen molar-refractivity contribution in [2.24, 2.45) is 4.99 Å². The van der Waals surface area contributed by atoms with Crippen LogP contribution >= 0.6 is 35.7 Å². The van der Waals surface area contributed by atoms with Gasteiger partial charge in [0.2, 0.25) is 0 Å². The second-order valence-corrected chi connectivity index (χ2v) is 6.25. The van der Waals surface area contributed by atoms with Gasteiger partial charge in [0.05, 0.1) is 13.7 Å². The highest BCUT2D eigenvalue weighted by molar-refractivity contribution is 14.0. The number of thioether (sulfide) groups is 1. The molecular weight excluding hydrogens is 461 g/mol. The maximum absolute atomic E-state index is 5.60. The summed E-state index contributed by atoms with van der Waals surface area (Å²) in [5.41, 5.74) is 0.896. The molecule has 0 fully saturated rings. The summed E-state index contributed by atoms with van der Waals surface area (Å²) in [7, 11) is 3.39. The van der Waals surface area contributed by atoms with E-state index < -0.39 is 0 Å². The van der Waals surface area contributed by atoms with Crippen molar-refractivity contribution in [2.75, 3.05) is 38.4 Å². The van der Waals surface area contributed by atoms with Crippen molar-refractivity contribution in [1.82, 2.24) is 5.32 Å². The number of ether oxygens (including phenoxy) is 2. The summed E-state index contributed by atoms with van der Waals surface area (Å²) in [6.45, 7) is 3.35. The number of hydrogen-bond donors (Lipinski definition) is 2. The average molecular weight is 487 g/mol. The van der Waals surface area contributed by atoms with Crippen molar-refractivity contribution < 1.29 is 9.47 Å². The van der Waals surface area contributed by atoms with Gasteiger partial charge in [-0.25, -0.2) is 0 Å². The number of methoxy groups -OCH3 is 1. The Bertz CT molecular complexity index is 684. The Labute approximate surface area is 177 Å². The van der Waals surface area contributed by atoms with Crippen LogP contribution < -0.4 is 20.1 Å². The van der Waals surface area contributed by atoms with Crippen LogP contribution in [0.5, 0.6) is 11.5 Å². The largest absolute Gasteiger partial charge is 0.493 e. The summed E-state index contributed by atoms with van der Waals surface area (Å²) >= 11 is 1.81. The minimum atomic E-state index is 0. The Kier molecular flexibility index (Phi) is 11.0. The Morgan fingerprint density at radius 2 is 1.88 bits per heavy atom. The van der Waals surface area contributed by atoms with Gasteiger partial charge < -0.3 is 20.1 Å². The molecule has 2 aromatic rings. The Hall–Kier alpha value is -1.61. The second-order valence-electron chi connectivity index (χ2n) is 5.08. The van der Waals surface area contributed by atoms with Gasteiger partial charge in [0.15, 0.2) is 17.5 Å². The minimum absolute atomic E-state index is 0. The number of aliphatic imine (C=N–C) groups is 1. The molecule has 0 spiro atoms. The summed E-state index contributed by atoms with van der Waals surface area (Å²) in [5.74, 6) is 3.11. The number of nitrogens with zero attached hydrogens (tertiary/aromatic N) is 1. The molecule has 0 aromatic heterocycles. The normalized spacial score (nSPS) is 10.7. The van der Waals surface area contributed by atoms with Gasteiger partial charge in [-0.2, -0.15) is 0 Å². The zero-order valence-corrected chi connectivity index (χ0v) is 18.5. The molecule has 7 heteroatoms. The molecule has 0 heterocycles. The summed E-state index contributed by atoms with van der Waals surface area (Å²) in [6, 6.07) is 16.1. The number of hydrogen-bond acceptors (Lipinski definition) is 4. The maximum Gasteiger partial charge on any atom is 0.195 e. The van der Waals surface area contributed by atoms with E-state index in [-0.39, 0.29) is 24.0 Å². The molecule has 0 saturated carbocycles. The highest BCUT2D eigenvalue weighted by atomic mass is 127. The van der Waals surface area contributed by atoms with Gasteiger partial charge in [-0.1, -0.05) is 18.2 Å². The van der Waals surface area contributed by atoms with Gasteiger partial charge >= 0.3 is 0 Å². The Balaban J connectivity index is 0.00000338. The van der Waals surface area contributed by atoms with Crippen LogP contribution in [0.25, 0.3) is 0 Å². The van der Waals surface area contributed by atoms with Crippen LogP contribution in [0.15, 0.2) is 58.4 Å². The van der Waals surface area contributed by atoms with E-state index in [4.69, 9.17) is 9.47 Å². The van der Waals surface area contributed by atoms with E-state index in [1.165, 1.54) is 4.90 Å². The van der Waals surface area contributed by atoms with Gasteiger partial charge in [0.25, 0.3) is 0 Å². The van der Waals surface area contributed by atoms with E-state index >= 15 is 0 Å². The van der Waals surface area contributed by atoms with Gasteiger partial charge in [0.1, 0.15) is 0 Å². The predicted octanol–water partition coefficient (Wildman–Crippen LogP) is 4.49. The van der Waals surface area contributed by atoms with Crippen molar-refractivity contribution in [3.63, 3.8) is 0 Å². The van der Waals surface area contributed by atoms with E-state index in [1.54, 1.807) is 14.2 Å². The quantitative estimate of drug-likeness (QED) is 0.189. The van der Waals surface area contributed by atoms with Gasteiger partial charge in [-0.3, -0.25) is 4.99 Å². The summed E-state index contributed by atoms with van der Waals surface area (Å²) in [4.78, 5) is 5.53. The first-order chi connectivity index (χ1) is 12.3. The van der Waals surface area contributed by atoms with E-state index in [1.807, 2.05) is 43.0 Å². The van der Waals surface area contributed by atoms with Crippen molar-refractivity contribution >= 4 is 47.4 Å². The SMILES string of the molecule is CCOc1cc(NC(=NC)NCCSc2ccccc2)ccc1OC.I. The first-order valence-electron chi connectivity index (χ1n) is 8.23. The molecule has 0 aliphatic carbocycles. The third-order valence-electron chi connectivity index (χ3n) is 3.36. The number of benzene rings is 2. The highest BCUT2D eigenvalue weighted by Gasteiger charge is 2.06. The monoisotopic (exact) mass is 487 g/mol. The molecule has 0 radical (unpaired) electrons. The molecule has 2 N–H and O–H groups in total. The zero-order chi connectivity index (χ0) is 17.9. The Morgan fingerprint density at radius 3 is 2.54 bits per heavy atom. The fourth-order valence-electron chi connectivity index (χ4n) is 2.19. The number of halogens is 1. The van der Waals surface area contributed by atoms with Gasteiger partial charge in [0, 0.05) is 36.0 Å². The molecule has 2 aromatic carbocycles. The number of guanidine groups is 1. The topological polar surface area (TPSA) is 54.9 Å². The second kappa shape index (κ2) is 12.7. The smallest absolute Gasteiger partial charge is 0.195 e. The van der Waals surface area contributed by atoms with Crippen molar-refractivity contribution in [3.05, 3.63) is 48.5 Å². The molecule has 2 rings (SSSR count). The third-order valence-corrected chi connectivity index (χ3v) is 4.37. The van der Waals surface area contributed by atoms with Crippen LogP contribution in [0.2, 0.25) is 0 Å². The zero-order valence-electron chi connectivity index (χ0n) is 15.3. The average Bonchev–Trinajstić information content (AvgIpc) is 2.65. The standard InChI is InChI=1S/C19H25N3O2S.HI/c1-4-24-18-14-15(10-11-17(18)23-3)22-19(20-2)21-12-13-25-16-8-6-5-7-9-16;/h5-11,14H,4,12-13H2,1-3H3,(H2,20,21,22);1H. The maximum atomic E-state index is 5.60. The third kappa shape index (κ3) is 7.33. The summed E-state index contributed by atoms with van der Waals surface area (Å²) in [6.07, 6.45) is 0. The predicted molar refractivity (Wildman–Crippen MR) is 122 cm³/mol.